The number of furan rings is 1. The minimum atomic E-state index is -0.261. The molecule has 1 aromatic heterocycles. The molecule has 0 spiro atoms. The molecule has 2 aromatic rings. The number of aryl methyl sites for hydroxylation is 1. The van der Waals surface area contributed by atoms with Crippen LogP contribution in [0, 0.1) is 18.7 Å². The summed E-state index contributed by atoms with van der Waals surface area (Å²) < 4.78 is 19.0. The van der Waals surface area contributed by atoms with Crippen LogP contribution in [-0.2, 0) is 6.54 Å². The fourth-order valence-corrected chi connectivity index (χ4v) is 2.55. The largest absolute Gasteiger partial charge is 0.459 e. The number of fused-ring (bicyclic) bond motifs is 1. The van der Waals surface area contributed by atoms with Crippen LogP contribution in [0.5, 0.6) is 0 Å². The van der Waals surface area contributed by atoms with Crippen molar-refractivity contribution >= 4 is 16.9 Å². The van der Waals surface area contributed by atoms with Crippen LogP contribution in [0.1, 0.15) is 30.6 Å². The van der Waals surface area contributed by atoms with Gasteiger partial charge in [-0.3, -0.25) is 0 Å². The van der Waals surface area contributed by atoms with Crippen LogP contribution in [-0.4, -0.2) is 12.5 Å². The maximum atomic E-state index is 13.3. The van der Waals surface area contributed by atoms with Gasteiger partial charge in [0.05, 0.1) is 0 Å². The van der Waals surface area contributed by atoms with Gasteiger partial charge in [-0.25, -0.2) is 9.38 Å². The molecular weight excluding hydrogens is 269 g/mol. The van der Waals surface area contributed by atoms with E-state index in [4.69, 9.17) is 10.2 Å². The average molecular weight is 289 g/mol. The van der Waals surface area contributed by atoms with Crippen molar-refractivity contribution in [2.24, 2.45) is 16.6 Å². The van der Waals surface area contributed by atoms with Crippen LogP contribution in [0.3, 0.4) is 0 Å². The topological polar surface area (TPSA) is 63.5 Å². The van der Waals surface area contributed by atoms with Gasteiger partial charge in [0.15, 0.2) is 5.96 Å². The first-order chi connectivity index (χ1) is 10.1. The molecule has 0 bridgehead atoms. The molecule has 1 aliphatic carbocycles. The van der Waals surface area contributed by atoms with Crippen molar-refractivity contribution in [3.8, 4) is 0 Å². The molecule has 0 unspecified atom stereocenters. The summed E-state index contributed by atoms with van der Waals surface area (Å²) in [7, 11) is 0. The molecule has 21 heavy (non-hydrogen) atoms. The molecular formula is C16H20FN3O. The van der Waals surface area contributed by atoms with Gasteiger partial charge < -0.3 is 15.5 Å². The normalized spacial score (nSPS) is 16.2. The Morgan fingerprint density at radius 3 is 3.00 bits per heavy atom. The summed E-state index contributed by atoms with van der Waals surface area (Å²) in [5.41, 5.74) is 7.45. The molecule has 3 rings (SSSR count). The Morgan fingerprint density at radius 2 is 2.29 bits per heavy atom. The highest BCUT2D eigenvalue weighted by Crippen LogP contribution is 2.26. The number of halogens is 1. The van der Waals surface area contributed by atoms with E-state index in [9.17, 15) is 4.39 Å². The van der Waals surface area contributed by atoms with E-state index >= 15 is 0 Å². The van der Waals surface area contributed by atoms with Crippen molar-refractivity contribution in [1.29, 1.82) is 0 Å². The van der Waals surface area contributed by atoms with Crippen molar-refractivity contribution in [2.45, 2.75) is 32.7 Å². The first-order valence-electron chi connectivity index (χ1n) is 7.35. The molecule has 0 saturated heterocycles. The third-order valence-corrected chi connectivity index (χ3v) is 4.19. The van der Waals surface area contributed by atoms with Crippen molar-refractivity contribution in [1.82, 2.24) is 5.32 Å². The number of nitrogens with two attached hydrogens (primary N) is 1. The smallest absolute Gasteiger partial charge is 0.189 e. The van der Waals surface area contributed by atoms with Crippen LogP contribution in [0.25, 0.3) is 11.0 Å². The lowest BCUT2D eigenvalue weighted by Crippen LogP contribution is -2.37. The average Bonchev–Trinajstić information content (AvgIpc) is 2.71. The molecule has 5 heteroatoms. The van der Waals surface area contributed by atoms with E-state index in [0.717, 1.165) is 29.2 Å². The Bertz CT molecular complexity index is 673. The monoisotopic (exact) mass is 289 g/mol. The van der Waals surface area contributed by atoms with Gasteiger partial charge in [-0.15, -0.1) is 0 Å². The molecule has 0 aliphatic heterocycles. The second-order valence-electron chi connectivity index (χ2n) is 5.67. The molecule has 0 atom stereocenters. The van der Waals surface area contributed by atoms with E-state index in [-0.39, 0.29) is 5.82 Å². The molecule has 0 radical (unpaired) electrons. The molecule has 1 fully saturated rings. The zero-order valence-corrected chi connectivity index (χ0v) is 12.2. The van der Waals surface area contributed by atoms with Crippen molar-refractivity contribution in [2.75, 3.05) is 6.54 Å². The van der Waals surface area contributed by atoms with Crippen molar-refractivity contribution < 1.29 is 8.81 Å². The third kappa shape index (κ3) is 3.01. The highest BCUT2D eigenvalue weighted by molar-refractivity contribution is 5.82. The van der Waals surface area contributed by atoms with E-state index in [1.807, 2.05) is 6.92 Å². The lowest BCUT2D eigenvalue weighted by Gasteiger charge is -2.25. The number of nitrogens with one attached hydrogen (secondary N) is 1. The molecule has 0 amide bonds. The number of nitrogens with zero attached hydrogens (tertiary/aromatic N) is 1. The summed E-state index contributed by atoms with van der Waals surface area (Å²) in [5, 5.41) is 3.94. The van der Waals surface area contributed by atoms with Crippen LogP contribution < -0.4 is 11.1 Å². The Hall–Kier alpha value is -2.04. The molecule has 1 aromatic carbocycles. The Labute approximate surface area is 123 Å². The number of guanidine groups is 1. The lowest BCUT2D eigenvalue weighted by molar-refractivity contribution is 0.315. The van der Waals surface area contributed by atoms with Gasteiger partial charge in [-0.05, 0) is 43.9 Å². The summed E-state index contributed by atoms with van der Waals surface area (Å²) >= 11 is 0. The summed E-state index contributed by atoms with van der Waals surface area (Å²) in [5.74, 6) is 1.63. The summed E-state index contributed by atoms with van der Waals surface area (Å²) in [6, 6.07) is 4.52. The second-order valence-corrected chi connectivity index (χ2v) is 5.67. The summed E-state index contributed by atoms with van der Waals surface area (Å²) in [6.07, 6.45) is 3.86. The predicted octanol–water partition coefficient (Wildman–Crippen LogP) is 3.08. The third-order valence-electron chi connectivity index (χ3n) is 4.19. The van der Waals surface area contributed by atoms with Crippen LogP contribution >= 0.6 is 0 Å². The maximum absolute atomic E-state index is 13.3. The van der Waals surface area contributed by atoms with Gasteiger partial charge in [0.2, 0.25) is 0 Å². The fourth-order valence-electron chi connectivity index (χ4n) is 2.55. The zero-order valence-electron chi connectivity index (χ0n) is 12.2. The van der Waals surface area contributed by atoms with E-state index in [1.54, 1.807) is 6.07 Å². The van der Waals surface area contributed by atoms with Gasteiger partial charge in [-0.2, -0.15) is 0 Å². The number of aliphatic imine (C=N–C) groups is 1. The van der Waals surface area contributed by atoms with Crippen LogP contribution in [0.4, 0.5) is 4.39 Å². The predicted molar refractivity (Wildman–Crippen MR) is 81.6 cm³/mol. The lowest BCUT2D eigenvalue weighted by atomic mass is 9.85. The minimum Gasteiger partial charge on any atom is -0.459 e. The van der Waals surface area contributed by atoms with Gasteiger partial charge in [0, 0.05) is 17.5 Å². The van der Waals surface area contributed by atoms with E-state index in [1.165, 1.54) is 31.4 Å². The van der Waals surface area contributed by atoms with Gasteiger partial charge in [0.25, 0.3) is 0 Å². The second kappa shape index (κ2) is 5.76. The SMILES string of the molecule is Cc1c(CN=C(N)NCC2CCC2)oc2ccc(F)cc12. The van der Waals surface area contributed by atoms with Gasteiger partial charge in [-0.1, -0.05) is 6.42 Å². The van der Waals surface area contributed by atoms with Crippen LogP contribution in [0.15, 0.2) is 27.6 Å². The fraction of sp³-hybridized carbons (Fsp3) is 0.438. The first-order valence-corrected chi connectivity index (χ1v) is 7.35. The number of rotatable bonds is 4. The van der Waals surface area contributed by atoms with E-state index < -0.39 is 0 Å². The molecule has 4 nitrogen and oxygen atoms in total. The van der Waals surface area contributed by atoms with E-state index in [0.29, 0.717) is 18.1 Å². The van der Waals surface area contributed by atoms with Crippen molar-refractivity contribution in [3.05, 3.63) is 35.3 Å². The molecule has 1 aliphatic rings. The van der Waals surface area contributed by atoms with Gasteiger partial charge in [0.1, 0.15) is 23.7 Å². The standard InChI is InChI=1S/C16H20FN3O/c1-10-13-7-12(17)5-6-14(13)21-15(10)9-20-16(18)19-8-11-3-2-4-11/h5-7,11H,2-4,8-9H2,1H3,(H3,18,19,20). The Morgan fingerprint density at radius 1 is 1.48 bits per heavy atom. The van der Waals surface area contributed by atoms with Crippen molar-refractivity contribution in [3.63, 3.8) is 0 Å². The Balaban J connectivity index is 1.67. The molecule has 1 saturated carbocycles. The van der Waals surface area contributed by atoms with Gasteiger partial charge >= 0.3 is 0 Å². The molecule has 3 N–H and O–H groups in total. The minimum absolute atomic E-state index is 0.261. The zero-order chi connectivity index (χ0) is 14.8. The van der Waals surface area contributed by atoms with Crippen LogP contribution in [0.2, 0.25) is 0 Å². The first kappa shape index (κ1) is 13.9. The summed E-state index contributed by atoms with van der Waals surface area (Å²) in [4.78, 5) is 4.30. The Kier molecular flexibility index (Phi) is 3.82. The maximum Gasteiger partial charge on any atom is 0.189 e. The molecule has 1 heterocycles. The number of benzene rings is 1. The molecule has 112 valence electrons. The number of hydrogen-bond donors (Lipinski definition) is 2. The van der Waals surface area contributed by atoms with E-state index in [2.05, 4.69) is 10.3 Å². The highest BCUT2D eigenvalue weighted by Gasteiger charge is 2.17. The quantitative estimate of drug-likeness (QED) is 0.671. The highest BCUT2D eigenvalue weighted by atomic mass is 19.1. The summed E-state index contributed by atoms with van der Waals surface area (Å²) in [6.45, 7) is 3.17. The number of hydrogen-bond acceptors (Lipinski definition) is 2.